The van der Waals surface area contributed by atoms with Gasteiger partial charge in [0.15, 0.2) is 17.5 Å². The molecule has 5 rings (SSSR count). The molecule has 0 saturated carbocycles. The minimum Gasteiger partial charge on any atom is -0.327 e. The lowest BCUT2D eigenvalue weighted by Crippen LogP contribution is -2.60. The molecule has 1 saturated heterocycles. The van der Waals surface area contributed by atoms with Crippen LogP contribution in [0.5, 0.6) is 0 Å². The number of nitrogens with one attached hydrogen (secondary N) is 2. The monoisotopic (exact) mass is 491 g/mol. The predicted molar refractivity (Wildman–Crippen MR) is 119 cm³/mol. The SMILES string of the molecule is CC1(C)c2nc(-c3cc(F)c(F)c(F)c3)c(Nc3ncc(Cl)cn3)n2CCN1C(=O)[C@@H]1CCN1. The number of rotatable bonds is 4. The van der Waals surface area contributed by atoms with E-state index in [-0.39, 0.29) is 29.2 Å². The highest BCUT2D eigenvalue weighted by Crippen LogP contribution is 2.40. The molecule has 4 heterocycles. The average Bonchev–Trinajstić information content (AvgIpc) is 3.11. The van der Waals surface area contributed by atoms with Gasteiger partial charge in [-0.25, -0.2) is 28.1 Å². The van der Waals surface area contributed by atoms with Crippen molar-refractivity contribution in [2.24, 2.45) is 0 Å². The normalized spacial score (nSPS) is 18.9. The van der Waals surface area contributed by atoms with Crippen LogP contribution in [0.4, 0.5) is 24.9 Å². The van der Waals surface area contributed by atoms with Crippen molar-refractivity contribution in [2.45, 2.75) is 38.4 Å². The molecule has 3 aromatic rings. The van der Waals surface area contributed by atoms with Crippen LogP contribution in [-0.2, 0) is 16.9 Å². The molecular formula is C22H21ClF3N7O. The number of fused-ring (bicyclic) bond motifs is 1. The summed E-state index contributed by atoms with van der Waals surface area (Å²) in [5.74, 6) is -3.20. The summed E-state index contributed by atoms with van der Waals surface area (Å²) in [5, 5.41) is 6.51. The zero-order valence-corrected chi connectivity index (χ0v) is 19.1. The fourth-order valence-electron chi connectivity index (χ4n) is 4.31. The quantitative estimate of drug-likeness (QED) is 0.542. The van der Waals surface area contributed by atoms with Crippen LogP contribution in [0.1, 0.15) is 26.1 Å². The average molecular weight is 492 g/mol. The molecule has 0 spiro atoms. The lowest BCUT2D eigenvalue weighted by Gasteiger charge is -2.45. The van der Waals surface area contributed by atoms with Crippen LogP contribution in [0.3, 0.4) is 0 Å². The summed E-state index contributed by atoms with van der Waals surface area (Å²) in [4.78, 5) is 27.8. The zero-order chi connectivity index (χ0) is 24.2. The summed E-state index contributed by atoms with van der Waals surface area (Å²) >= 11 is 5.88. The molecule has 8 nitrogen and oxygen atoms in total. The van der Waals surface area contributed by atoms with Gasteiger partial charge in [-0.3, -0.25) is 4.79 Å². The van der Waals surface area contributed by atoms with E-state index in [9.17, 15) is 18.0 Å². The fraction of sp³-hybridized carbons (Fsp3) is 0.364. The lowest BCUT2D eigenvalue weighted by atomic mass is 9.95. The van der Waals surface area contributed by atoms with E-state index in [1.165, 1.54) is 12.4 Å². The minimum absolute atomic E-state index is 0.0264. The summed E-state index contributed by atoms with van der Waals surface area (Å²) in [6.07, 6.45) is 3.56. The Morgan fingerprint density at radius 1 is 1.18 bits per heavy atom. The van der Waals surface area contributed by atoms with Crippen molar-refractivity contribution in [3.8, 4) is 11.3 Å². The number of benzene rings is 1. The third-order valence-electron chi connectivity index (χ3n) is 6.23. The second kappa shape index (κ2) is 8.24. The molecule has 1 amide bonds. The fourth-order valence-corrected chi connectivity index (χ4v) is 4.41. The van der Waals surface area contributed by atoms with Gasteiger partial charge in [0, 0.05) is 18.7 Å². The third-order valence-corrected chi connectivity index (χ3v) is 6.43. The van der Waals surface area contributed by atoms with E-state index >= 15 is 0 Å². The molecule has 12 heteroatoms. The van der Waals surface area contributed by atoms with Crippen molar-refractivity contribution in [2.75, 3.05) is 18.4 Å². The zero-order valence-electron chi connectivity index (χ0n) is 18.4. The highest BCUT2D eigenvalue weighted by Gasteiger charge is 2.44. The molecule has 0 aliphatic carbocycles. The third kappa shape index (κ3) is 3.68. The number of carbonyl (C=O) groups excluding carboxylic acids is 1. The number of carbonyl (C=O) groups is 1. The van der Waals surface area contributed by atoms with Crippen LogP contribution in [0.25, 0.3) is 11.3 Å². The molecule has 178 valence electrons. The largest absolute Gasteiger partial charge is 0.327 e. The highest BCUT2D eigenvalue weighted by molar-refractivity contribution is 6.30. The van der Waals surface area contributed by atoms with Gasteiger partial charge in [-0.2, -0.15) is 0 Å². The number of hydrogen-bond acceptors (Lipinski definition) is 6. The van der Waals surface area contributed by atoms with Crippen molar-refractivity contribution >= 4 is 29.3 Å². The summed E-state index contributed by atoms with van der Waals surface area (Å²) < 4.78 is 43.7. The maximum absolute atomic E-state index is 14.1. The number of imidazole rings is 1. The Kier molecular flexibility index (Phi) is 5.48. The Morgan fingerprint density at radius 3 is 2.41 bits per heavy atom. The van der Waals surface area contributed by atoms with Gasteiger partial charge in [0.25, 0.3) is 0 Å². The molecular weight excluding hydrogens is 471 g/mol. The van der Waals surface area contributed by atoms with E-state index in [1.54, 1.807) is 4.90 Å². The molecule has 0 radical (unpaired) electrons. The Balaban J connectivity index is 1.63. The van der Waals surface area contributed by atoms with Gasteiger partial charge in [-0.1, -0.05) is 11.6 Å². The first kappa shape index (κ1) is 22.6. The number of halogens is 4. The van der Waals surface area contributed by atoms with Crippen LogP contribution in [0.2, 0.25) is 5.02 Å². The summed E-state index contributed by atoms with van der Waals surface area (Å²) in [5.41, 5.74) is -0.626. The van der Waals surface area contributed by atoms with Crippen molar-refractivity contribution < 1.29 is 18.0 Å². The van der Waals surface area contributed by atoms with Crippen LogP contribution in [-0.4, -0.2) is 49.5 Å². The van der Waals surface area contributed by atoms with Crippen LogP contribution in [0.15, 0.2) is 24.5 Å². The smallest absolute Gasteiger partial charge is 0.240 e. The molecule has 2 aliphatic heterocycles. The lowest BCUT2D eigenvalue weighted by molar-refractivity contribution is -0.142. The predicted octanol–water partition coefficient (Wildman–Crippen LogP) is 3.59. The summed E-state index contributed by atoms with van der Waals surface area (Å²) in [6.45, 7) is 5.28. The molecule has 2 aliphatic rings. The van der Waals surface area contributed by atoms with Crippen molar-refractivity contribution in [1.82, 2.24) is 29.7 Å². The van der Waals surface area contributed by atoms with Crippen molar-refractivity contribution in [1.29, 1.82) is 0 Å². The van der Waals surface area contributed by atoms with Gasteiger partial charge >= 0.3 is 0 Å². The topological polar surface area (TPSA) is 88.0 Å². The molecule has 0 bridgehead atoms. The Hall–Kier alpha value is -3.18. The maximum Gasteiger partial charge on any atom is 0.240 e. The van der Waals surface area contributed by atoms with Gasteiger partial charge in [-0.15, -0.1) is 0 Å². The number of hydrogen-bond donors (Lipinski definition) is 2. The van der Waals surface area contributed by atoms with E-state index in [1.807, 2.05) is 18.4 Å². The van der Waals surface area contributed by atoms with E-state index in [0.717, 1.165) is 25.1 Å². The number of anilines is 2. The van der Waals surface area contributed by atoms with E-state index in [4.69, 9.17) is 11.6 Å². The van der Waals surface area contributed by atoms with Crippen LogP contribution < -0.4 is 10.6 Å². The highest BCUT2D eigenvalue weighted by atomic mass is 35.5. The van der Waals surface area contributed by atoms with Crippen LogP contribution >= 0.6 is 11.6 Å². The van der Waals surface area contributed by atoms with Crippen molar-refractivity contribution in [3.05, 3.63) is 52.8 Å². The van der Waals surface area contributed by atoms with E-state index < -0.39 is 23.0 Å². The number of nitrogens with zero attached hydrogens (tertiary/aromatic N) is 5. The minimum atomic E-state index is -1.56. The van der Waals surface area contributed by atoms with E-state index in [0.29, 0.717) is 29.8 Å². The van der Waals surface area contributed by atoms with E-state index in [2.05, 4.69) is 25.6 Å². The Morgan fingerprint density at radius 2 is 1.82 bits per heavy atom. The second-order valence-electron chi connectivity index (χ2n) is 8.73. The molecule has 1 atom stereocenters. The standard InChI is InChI=1S/C22H21ClF3N7O/c1-22(2)20-30-17(11-7-13(24)16(26)14(25)8-11)18(31-21-28-9-12(23)10-29-21)32(20)5-6-33(22)19(34)15-3-4-27-15/h7-10,15,27H,3-6H2,1-2H3,(H,28,29,31)/t15-/m0/s1. The van der Waals surface area contributed by atoms with Gasteiger partial charge in [0.05, 0.1) is 29.0 Å². The van der Waals surface area contributed by atoms with Crippen LogP contribution in [0, 0.1) is 17.5 Å². The molecule has 2 aromatic heterocycles. The Labute approximate surface area is 198 Å². The first-order chi connectivity index (χ1) is 16.2. The Bertz CT molecular complexity index is 1250. The van der Waals surface area contributed by atoms with Gasteiger partial charge in [0.2, 0.25) is 11.9 Å². The second-order valence-corrected chi connectivity index (χ2v) is 9.17. The van der Waals surface area contributed by atoms with Crippen molar-refractivity contribution in [3.63, 3.8) is 0 Å². The number of aromatic nitrogens is 4. The maximum atomic E-state index is 14.1. The van der Waals surface area contributed by atoms with Gasteiger partial charge in [-0.05, 0) is 38.9 Å². The summed E-state index contributed by atoms with van der Waals surface area (Å²) in [7, 11) is 0. The molecule has 1 fully saturated rings. The molecule has 0 unspecified atom stereocenters. The molecule has 2 N–H and O–H groups in total. The molecule has 34 heavy (non-hydrogen) atoms. The van der Waals surface area contributed by atoms with Gasteiger partial charge in [0.1, 0.15) is 17.3 Å². The number of amides is 1. The first-order valence-electron chi connectivity index (χ1n) is 10.7. The molecule has 1 aromatic carbocycles. The first-order valence-corrected chi connectivity index (χ1v) is 11.1. The van der Waals surface area contributed by atoms with Gasteiger partial charge < -0.3 is 20.1 Å². The summed E-state index contributed by atoms with van der Waals surface area (Å²) in [6, 6.07) is 1.53.